The smallest absolute Gasteiger partial charge is 0.341 e. The number of carbonyl (C=O) groups excluding carboxylic acids is 2. The van der Waals surface area contributed by atoms with E-state index in [1.165, 1.54) is 36.5 Å². The third kappa shape index (κ3) is 5.95. The van der Waals surface area contributed by atoms with E-state index >= 15 is 0 Å². The average Bonchev–Trinajstić information content (AvgIpc) is 2.67. The van der Waals surface area contributed by atoms with Gasteiger partial charge in [-0.3, -0.25) is 9.59 Å². The number of ether oxygens (including phenoxy) is 1. The van der Waals surface area contributed by atoms with E-state index in [0.29, 0.717) is 5.56 Å². The number of carbonyl (C=O) groups is 4. The Balaban J connectivity index is 1.96. The molecule has 10 nitrogen and oxygen atoms in total. The summed E-state index contributed by atoms with van der Waals surface area (Å²) in [5.74, 6) is -4.22. The van der Waals surface area contributed by atoms with Gasteiger partial charge in [0.1, 0.15) is 5.75 Å². The van der Waals surface area contributed by atoms with Gasteiger partial charge in [0, 0.05) is 11.3 Å². The molecule has 0 atom stereocenters. The van der Waals surface area contributed by atoms with Crippen molar-refractivity contribution in [1.82, 2.24) is 5.43 Å². The lowest BCUT2D eigenvalue weighted by atomic mass is 10.2. The number of carboxylic acid groups (broad SMARTS) is 2. The molecule has 0 unspecified atom stereocenters. The fourth-order valence-corrected chi connectivity index (χ4v) is 1.99. The maximum atomic E-state index is 11.8. The van der Waals surface area contributed by atoms with Gasteiger partial charge in [0.25, 0.3) is 0 Å². The van der Waals surface area contributed by atoms with Gasteiger partial charge < -0.3 is 20.3 Å². The molecule has 0 bridgehead atoms. The molecule has 144 valence electrons. The van der Waals surface area contributed by atoms with Crippen LogP contribution in [-0.2, 0) is 14.4 Å². The predicted molar refractivity (Wildman–Crippen MR) is 97.3 cm³/mol. The minimum Gasteiger partial charge on any atom is -0.481 e. The normalized spacial score (nSPS) is 10.3. The van der Waals surface area contributed by atoms with Gasteiger partial charge in [0.2, 0.25) is 0 Å². The second-order valence-electron chi connectivity index (χ2n) is 5.26. The SMILES string of the molecule is O=C(O)COc1ccccc1/C=N/NC(=O)C(=O)Nc1cccc(C(=O)O)c1. The summed E-state index contributed by atoms with van der Waals surface area (Å²) in [4.78, 5) is 45.1. The van der Waals surface area contributed by atoms with Gasteiger partial charge in [0.05, 0.1) is 11.8 Å². The zero-order valence-electron chi connectivity index (χ0n) is 14.3. The number of amides is 2. The van der Waals surface area contributed by atoms with Crippen molar-refractivity contribution in [2.75, 3.05) is 11.9 Å². The molecule has 10 heteroatoms. The van der Waals surface area contributed by atoms with Crippen molar-refractivity contribution in [3.05, 3.63) is 59.7 Å². The molecule has 0 radical (unpaired) electrons. The number of aliphatic carboxylic acids is 1. The summed E-state index contributed by atoms with van der Waals surface area (Å²) in [5.41, 5.74) is 2.49. The van der Waals surface area contributed by atoms with Crippen LogP contribution in [0.1, 0.15) is 15.9 Å². The van der Waals surface area contributed by atoms with Crippen LogP contribution in [0.15, 0.2) is 53.6 Å². The van der Waals surface area contributed by atoms with Crippen LogP contribution < -0.4 is 15.5 Å². The Morgan fingerprint density at radius 2 is 1.75 bits per heavy atom. The van der Waals surface area contributed by atoms with E-state index in [4.69, 9.17) is 14.9 Å². The van der Waals surface area contributed by atoms with Gasteiger partial charge in [-0.15, -0.1) is 0 Å². The van der Waals surface area contributed by atoms with Crippen LogP contribution in [0.4, 0.5) is 5.69 Å². The number of hydrazone groups is 1. The van der Waals surface area contributed by atoms with Crippen molar-refractivity contribution >= 4 is 35.7 Å². The zero-order valence-corrected chi connectivity index (χ0v) is 14.3. The summed E-state index contributed by atoms with van der Waals surface area (Å²) in [5, 5.41) is 23.4. The zero-order chi connectivity index (χ0) is 20.5. The van der Waals surface area contributed by atoms with Gasteiger partial charge in [-0.05, 0) is 30.3 Å². The van der Waals surface area contributed by atoms with Crippen molar-refractivity contribution in [3.8, 4) is 5.75 Å². The fourth-order valence-electron chi connectivity index (χ4n) is 1.99. The molecule has 0 heterocycles. The first-order valence-electron chi connectivity index (χ1n) is 7.78. The van der Waals surface area contributed by atoms with Gasteiger partial charge in [0.15, 0.2) is 6.61 Å². The summed E-state index contributed by atoms with van der Waals surface area (Å²) >= 11 is 0. The van der Waals surface area contributed by atoms with E-state index in [1.54, 1.807) is 18.2 Å². The molecule has 4 N–H and O–H groups in total. The Hall–Kier alpha value is -4.21. The third-order valence-corrected chi connectivity index (χ3v) is 3.21. The number of benzene rings is 2. The molecule has 0 saturated carbocycles. The largest absolute Gasteiger partial charge is 0.481 e. The number of anilines is 1. The van der Waals surface area contributed by atoms with Crippen molar-refractivity contribution in [1.29, 1.82) is 0 Å². The summed E-state index contributed by atoms with van der Waals surface area (Å²) < 4.78 is 5.08. The minimum absolute atomic E-state index is 0.0470. The lowest BCUT2D eigenvalue weighted by Gasteiger charge is -2.06. The fraction of sp³-hybridized carbons (Fsp3) is 0.0556. The van der Waals surface area contributed by atoms with Crippen LogP contribution >= 0.6 is 0 Å². The van der Waals surface area contributed by atoms with Crippen molar-refractivity contribution in [2.24, 2.45) is 5.10 Å². The average molecular weight is 385 g/mol. The van der Waals surface area contributed by atoms with Crippen molar-refractivity contribution < 1.29 is 34.1 Å². The van der Waals surface area contributed by atoms with E-state index in [9.17, 15) is 19.2 Å². The second-order valence-corrected chi connectivity index (χ2v) is 5.26. The highest BCUT2D eigenvalue weighted by Crippen LogP contribution is 2.15. The Morgan fingerprint density at radius 1 is 1.00 bits per heavy atom. The molecular weight excluding hydrogens is 370 g/mol. The summed E-state index contributed by atoms with van der Waals surface area (Å²) in [6, 6.07) is 11.8. The Bertz CT molecular complexity index is 940. The van der Waals surface area contributed by atoms with Crippen molar-refractivity contribution in [2.45, 2.75) is 0 Å². The summed E-state index contributed by atoms with van der Waals surface area (Å²) in [7, 11) is 0. The molecule has 28 heavy (non-hydrogen) atoms. The van der Waals surface area contributed by atoms with Crippen LogP contribution in [0.25, 0.3) is 0 Å². The van der Waals surface area contributed by atoms with Gasteiger partial charge in [-0.25, -0.2) is 15.0 Å². The monoisotopic (exact) mass is 385 g/mol. The number of nitrogens with zero attached hydrogens (tertiary/aromatic N) is 1. The maximum absolute atomic E-state index is 11.8. The number of rotatable bonds is 7. The number of hydrogen-bond acceptors (Lipinski definition) is 6. The highest BCUT2D eigenvalue weighted by atomic mass is 16.5. The van der Waals surface area contributed by atoms with Crippen LogP contribution in [-0.4, -0.2) is 46.8 Å². The first kappa shape index (κ1) is 20.1. The molecule has 2 amide bonds. The Morgan fingerprint density at radius 3 is 2.46 bits per heavy atom. The topological polar surface area (TPSA) is 154 Å². The number of carboxylic acids is 2. The van der Waals surface area contributed by atoms with Crippen molar-refractivity contribution in [3.63, 3.8) is 0 Å². The third-order valence-electron chi connectivity index (χ3n) is 3.21. The number of para-hydroxylation sites is 1. The standard InChI is InChI=1S/C18H15N3O7/c22-15(23)10-28-14-7-2-1-4-12(14)9-19-21-17(25)16(24)20-13-6-3-5-11(8-13)18(26)27/h1-9H,10H2,(H,20,24)(H,21,25)(H,22,23)(H,26,27)/b19-9+. The molecule has 0 spiro atoms. The van der Waals surface area contributed by atoms with Crippen LogP contribution in [0.3, 0.4) is 0 Å². The lowest BCUT2D eigenvalue weighted by molar-refractivity contribution is -0.139. The number of nitrogens with one attached hydrogen (secondary N) is 2. The quantitative estimate of drug-likeness (QED) is 0.314. The molecule has 2 rings (SSSR count). The Labute approximate surface area is 158 Å². The first-order chi connectivity index (χ1) is 13.4. The lowest BCUT2D eigenvalue weighted by Crippen LogP contribution is -2.32. The van der Waals surface area contributed by atoms with E-state index in [1.807, 2.05) is 5.43 Å². The molecule has 2 aromatic rings. The van der Waals surface area contributed by atoms with E-state index in [2.05, 4.69) is 10.4 Å². The number of hydrogen-bond donors (Lipinski definition) is 4. The highest BCUT2D eigenvalue weighted by molar-refractivity contribution is 6.39. The van der Waals surface area contributed by atoms with Gasteiger partial charge in [-0.1, -0.05) is 18.2 Å². The maximum Gasteiger partial charge on any atom is 0.341 e. The predicted octanol–water partition coefficient (Wildman–Crippen LogP) is 0.937. The highest BCUT2D eigenvalue weighted by Gasteiger charge is 2.14. The van der Waals surface area contributed by atoms with Crippen LogP contribution in [0.2, 0.25) is 0 Å². The van der Waals surface area contributed by atoms with Crippen LogP contribution in [0.5, 0.6) is 5.75 Å². The van der Waals surface area contributed by atoms with Gasteiger partial charge >= 0.3 is 23.8 Å². The minimum atomic E-state index is -1.17. The molecule has 0 aromatic heterocycles. The number of aromatic carboxylic acids is 1. The van der Waals surface area contributed by atoms with Gasteiger partial charge in [-0.2, -0.15) is 5.10 Å². The van der Waals surface area contributed by atoms with E-state index in [0.717, 1.165) is 0 Å². The molecular formula is C18H15N3O7. The molecule has 0 fully saturated rings. The second kappa shape index (κ2) is 9.48. The molecule has 0 saturated heterocycles. The Kier molecular flexibility index (Phi) is 6.81. The molecule has 2 aromatic carbocycles. The summed E-state index contributed by atoms with van der Waals surface area (Å²) in [6.07, 6.45) is 1.19. The molecule has 0 aliphatic carbocycles. The molecule has 0 aliphatic rings. The summed E-state index contributed by atoms with van der Waals surface area (Å²) in [6.45, 7) is -0.547. The van der Waals surface area contributed by atoms with Crippen LogP contribution in [0, 0.1) is 0 Å². The van der Waals surface area contributed by atoms with E-state index < -0.39 is 30.4 Å². The first-order valence-corrected chi connectivity index (χ1v) is 7.78. The molecule has 0 aliphatic heterocycles. The van der Waals surface area contributed by atoms with E-state index in [-0.39, 0.29) is 17.0 Å².